The number of aromatic nitrogens is 1. The van der Waals surface area contributed by atoms with Crippen LogP contribution in [0.4, 0.5) is 0 Å². The Bertz CT molecular complexity index is 361. The molecule has 1 aromatic rings. The van der Waals surface area contributed by atoms with E-state index in [-0.39, 0.29) is 5.97 Å². The number of carbonyl (C=O) groups is 1. The third-order valence-electron chi connectivity index (χ3n) is 2.49. The zero-order valence-electron chi connectivity index (χ0n) is 8.60. The molecular formula is C11H13NO3. The van der Waals surface area contributed by atoms with E-state index in [1.54, 1.807) is 12.3 Å². The molecule has 15 heavy (non-hydrogen) atoms. The molecule has 1 fully saturated rings. The van der Waals surface area contributed by atoms with Crippen LogP contribution in [0.2, 0.25) is 0 Å². The van der Waals surface area contributed by atoms with Gasteiger partial charge in [0.25, 0.3) is 0 Å². The van der Waals surface area contributed by atoms with Crippen molar-refractivity contribution in [2.45, 2.75) is 25.4 Å². The Morgan fingerprint density at radius 1 is 1.47 bits per heavy atom. The van der Waals surface area contributed by atoms with Gasteiger partial charge in [0, 0.05) is 6.20 Å². The summed E-state index contributed by atoms with van der Waals surface area (Å²) in [4.78, 5) is 15.2. The summed E-state index contributed by atoms with van der Waals surface area (Å²) >= 11 is 0. The lowest BCUT2D eigenvalue weighted by molar-refractivity contribution is 0.0598. The van der Waals surface area contributed by atoms with Crippen LogP contribution in [0, 0.1) is 0 Å². The van der Waals surface area contributed by atoms with Crippen molar-refractivity contribution in [3.8, 4) is 5.75 Å². The fourth-order valence-electron chi connectivity index (χ4n) is 1.39. The summed E-state index contributed by atoms with van der Waals surface area (Å²) in [6, 6.07) is 1.66. The van der Waals surface area contributed by atoms with Crippen molar-refractivity contribution < 1.29 is 14.3 Å². The first-order chi connectivity index (χ1) is 7.29. The summed E-state index contributed by atoms with van der Waals surface area (Å²) in [6.07, 6.45) is 6.77. The van der Waals surface area contributed by atoms with Crippen molar-refractivity contribution in [2.75, 3.05) is 7.11 Å². The van der Waals surface area contributed by atoms with Gasteiger partial charge in [-0.25, -0.2) is 4.79 Å². The lowest BCUT2D eigenvalue weighted by Gasteiger charge is -2.26. The van der Waals surface area contributed by atoms with Crippen molar-refractivity contribution in [2.24, 2.45) is 0 Å². The quantitative estimate of drug-likeness (QED) is 0.709. The number of rotatable bonds is 3. The predicted octanol–water partition coefficient (Wildman–Crippen LogP) is 1.80. The third-order valence-corrected chi connectivity index (χ3v) is 2.49. The van der Waals surface area contributed by atoms with Crippen LogP contribution in [-0.2, 0) is 4.74 Å². The van der Waals surface area contributed by atoms with Crippen LogP contribution < -0.4 is 4.74 Å². The molecule has 0 aromatic carbocycles. The van der Waals surface area contributed by atoms with E-state index in [2.05, 4.69) is 9.72 Å². The van der Waals surface area contributed by atoms with Crippen LogP contribution in [0.3, 0.4) is 0 Å². The Hall–Kier alpha value is -1.58. The van der Waals surface area contributed by atoms with E-state index in [9.17, 15) is 4.79 Å². The Balaban J connectivity index is 2.07. The van der Waals surface area contributed by atoms with E-state index in [1.165, 1.54) is 19.7 Å². The van der Waals surface area contributed by atoms with Crippen molar-refractivity contribution in [1.82, 2.24) is 4.98 Å². The number of hydrogen-bond donors (Lipinski definition) is 0. The predicted molar refractivity (Wildman–Crippen MR) is 53.8 cm³/mol. The van der Waals surface area contributed by atoms with Crippen LogP contribution in [-0.4, -0.2) is 24.2 Å². The maximum Gasteiger partial charge on any atom is 0.339 e. The van der Waals surface area contributed by atoms with Crippen molar-refractivity contribution >= 4 is 5.97 Å². The summed E-state index contributed by atoms with van der Waals surface area (Å²) in [5, 5.41) is 0. The first-order valence-corrected chi connectivity index (χ1v) is 4.99. The maximum absolute atomic E-state index is 11.2. The van der Waals surface area contributed by atoms with Gasteiger partial charge in [-0.2, -0.15) is 0 Å². The van der Waals surface area contributed by atoms with E-state index >= 15 is 0 Å². The zero-order valence-corrected chi connectivity index (χ0v) is 8.60. The Morgan fingerprint density at radius 2 is 2.27 bits per heavy atom. The molecule has 0 amide bonds. The van der Waals surface area contributed by atoms with Gasteiger partial charge in [-0.1, -0.05) is 0 Å². The smallest absolute Gasteiger partial charge is 0.339 e. The highest BCUT2D eigenvalue weighted by molar-refractivity contribution is 5.89. The number of ether oxygens (including phenoxy) is 2. The third kappa shape index (κ3) is 2.26. The van der Waals surface area contributed by atoms with Gasteiger partial charge in [-0.15, -0.1) is 0 Å². The normalized spacial score (nSPS) is 15.5. The molecule has 1 saturated carbocycles. The number of hydrogen-bond acceptors (Lipinski definition) is 4. The van der Waals surface area contributed by atoms with E-state index in [1.807, 2.05) is 0 Å². The largest absolute Gasteiger partial charge is 0.489 e. The summed E-state index contributed by atoms with van der Waals surface area (Å²) in [6.45, 7) is 0. The van der Waals surface area contributed by atoms with Crippen LogP contribution in [0.1, 0.15) is 29.6 Å². The molecule has 0 unspecified atom stereocenters. The molecule has 80 valence electrons. The second-order valence-corrected chi connectivity index (χ2v) is 3.57. The van der Waals surface area contributed by atoms with Crippen LogP contribution in [0.15, 0.2) is 18.5 Å². The Labute approximate surface area is 88.2 Å². The molecule has 1 heterocycles. The highest BCUT2D eigenvalue weighted by Crippen LogP contribution is 2.25. The van der Waals surface area contributed by atoms with Gasteiger partial charge < -0.3 is 9.47 Å². The summed E-state index contributed by atoms with van der Waals surface area (Å²) in [5.74, 6) is 0.254. The highest BCUT2D eigenvalue weighted by atomic mass is 16.5. The molecule has 0 bridgehead atoms. The average Bonchev–Trinajstić information content (AvgIpc) is 2.23. The molecular weight excluding hydrogens is 194 g/mol. The van der Waals surface area contributed by atoms with Gasteiger partial charge in [0.2, 0.25) is 0 Å². The number of methoxy groups -OCH3 is 1. The standard InChI is InChI=1S/C11H13NO3/c1-14-11(13)8-5-10(7-12-6-8)15-9-3-2-4-9/h5-7,9H,2-4H2,1H3. The summed E-state index contributed by atoms with van der Waals surface area (Å²) in [7, 11) is 1.35. The Morgan fingerprint density at radius 3 is 2.87 bits per heavy atom. The SMILES string of the molecule is COC(=O)c1cncc(OC2CCC2)c1. The van der Waals surface area contributed by atoms with Gasteiger partial charge in [0.15, 0.2) is 0 Å². The van der Waals surface area contributed by atoms with E-state index in [0.717, 1.165) is 12.8 Å². The van der Waals surface area contributed by atoms with Gasteiger partial charge in [-0.3, -0.25) is 4.98 Å². The fraction of sp³-hybridized carbons (Fsp3) is 0.455. The number of nitrogens with zero attached hydrogens (tertiary/aromatic N) is 1. The summed E-state index contributed by atoms with van der Waals surface area (Å²) in [5.41, 5.74) is 0.425. The van der Waals surface area contributed by atoms with Crippen molar-refractivity contribution in [3.63, 3.8) is 0 Å². The molecule has 0 atom stereocenters. The molecule has 0 saturated heterocycles. The molecule has 0 N–H and O–H groups in total. The minimum absolute atomic E-state index is 0.291. The Kier molecular flexibility index (Phi) is 2.85. The fourth-order valence-corrected chi connectivity index (χ4v) is 1.39. The minimum atomic E-state index is -0.387. The molecule has 1 aliphatic rings. The maximum atomic E-state index is 11.2. The van der Waals surface area contributed by atoms with E-state index in [4.69, 9.17) is 4.74 Å². The molecule has 0 radical (unpaired) electrons. The molecule has 4 nitrogen and oxygen atoms in total. The average molecular weight is 207 g/mol. The monoisotopic (exact) mass is 207 g/mol. The second kappa shape index (κ2) is 4.29. The number of pyridine rings is 1. The minimum Gasteiger partial charge on any atom is -0.489 e. The number of esters is 1. The lowest BCUT2D eigenvalue weighted by Crippen LogP contribution is -2.24. The zero-order chi connectivity index (χ0) is 10.7. The molecule has 0 aliphatic heterocycles. The molecule has 0 spiro atoms. The second-order valence-electron chi connectivity index (χ2n) is 3.57. The first-order valence-electron chi connectivity index (χ1n) is 4.99. The van der Waals surface area contributed by atoms with Gasteiger partial charge >= 0.3 is 5.97 Å². The highest BCUT2D eigenvalue weighted by Gasteiger charge is 2.19. The number of carbonyl (C=O) groups excluding carboxylic acids is 1. The van der Waals surface area contributed by atoms with Crippen LogP contribution in [0.25, 0.3) is 0 Å². The van der Waals surface area contributed by atoms with Crippen molar-refractivity contribution in [3.05, 3.63) is 24.0 Å². The van der Waals surface area contributed by atoms with E-state index < -0.39 is 0 Å². The lowest BCUT2D eigenvalue weighted by atomic mass is 9.96. The van der Waals surface area contributed by atoms with Crippen molar-refractivity contribution in [1.29, 1.82) is 0 Å². The molecule has 1 aliphatic carbocycles. The molecule has 1 aromatic heterocycles. The topological polar surface area (TPSA) is 48.4 Å². The van der Waals surface area contributed by atoms with Crippen LogP contribution >= 0.6 is 0 Å². The van der Waals surface area contributed by atoms with E-state index in [0.29, 0.717) is 17.4 Å². The first kappa shape index (κ1) is 9.96. The van der Waals surface area contributed by atoms with Gasteiger partial charge in [-0.05, 0) is 25.3 Å². The molecule has 4 heteroatoms. The van der Waals surface area contributed by atoms with Gasteiger partial charge in [0.05, 0.1) is 25.0 Å². The van der Waals surface area contributed by atoms with Gasteiger partial charge in [0.1, 0.15) is 5.75 Å². The van der Waals surface area contributed by atoms with Crippen LogP contribution in [0.5, 0.6) is 5.75 Å². The summed E-state index contributed by atoms with van der Waals surface area (Å²) < 4.78 is 10.2. The molecule has 2 rings (SSSR count).